The molecule has 0 unspecified atom stereocenters. The highest BCUT2D eigenvalue weighted by Crippen LogP contribution is 2.29. The third kappa shape index (κ3) is 1.84. The predicted molar refractivity (Wildman–Crippen MR) is 68.5 cm³/mol. The van der Waals surface area contributed by atoms with E-state index in [0.717, 1.165) is 11.1 Å². The molecular formula is C15H13NO2. The van der Waals surface area contributed by atoms with Crippen LogP contribution in [-0.4, -0.2) is 5.91 Å². The normalized spacial score (nSPS) is 17.6. The molecule has 3 rings (SSSR count). The lowest BCUT2D eigenvalue weighted by molar-refractivity contribution is 0.0756. The third-order valence-corrected chi connectivity index (χ3v) is 2.99. The molecular weight excluding hydrogens is 226 g/mol. The summed E-state index contributed by atoms with van der Waals surface area (Å²) in [5.74, 6) is 0.553. The van der Waals surface area contributed by atoms with Gasteiger partial charge in [0.25, 0.3) is 5.91 Å². The average molecular weight is 239 g/mol. The molecule has 1 amide bonds. The summed E-state index contributed by atoms with van der Waals surface area (Å²) >= 11 is 0. The summed E-state index contributed by atoms with van der Waals surface area (Å²) in [7, 11) is 0. The first-order chi connectivity index (χ1) is 8.74. The van der Waals surface area contributed by atoms with Crippen molar-refractivity contribution < 1.29 is 9.53 Å². The van der Waals surface area contributed by atoms with Crippen LogP contribution in [0.5, 0.6) is 5.75 Å². The van der Waals surface area contributed by atoms with Gasteiger partial charge in [0.05, 0.1) is 5.56 Å². The Labute approximate surface area is 105 Å². The smallest absolute Gasteiger partial charge is 0.258 e. The molecule has 3 nitrogen and oxygen atoms in total. The maximum absolute atomic E-state index is 12.0. The molecule has 0 bridgehead atoms. The first-order valence-corrected chi connectivity index (χ1v) is 5.87. The Morgan fingerprint density at radius 2 is 1.89 bits per heavy atom. The number of carbonyl (C=O) groups is 1. The summed E-state index contributed by atoms with van der Waals surface area (Å²) in [6.45, 7) is 1.98. The number of fused-ring (bicyclic) bond motifs is 1. The molecule has 1 heterocycles. The molecule has 0 aliphatic carbocycles. The Kier molecular flexibility index (Phi) is 2.52. The van der Waals surface area contributed by atoms with Gasteiger partial charge in [0.15, 0.2) is 6.23 Å². The van der Waals surface area contributed by atoms with Gasteiger partial charge in [0.1, 0.15) is 5.75 Å². The standard InChI is InChI=1S/C15H13NO2/c1-10-7-8-12-13(9-10)18-15(16-14(12)17)11-5-3-2-4-6-11/h2-9,15H,1H3,(H,16,17)/t15-/m1/s1. The topological polar surface area (TPSA) is 38.3 Å². The first-order valence-electron chi connectivity index (χ1n) is 5.87. The Bertz CT molecular complexity index is 593. The maximum atomic E-state index is 12.0. The number of carbonyl (C=O) groups excluding carboxylic acids is 1. The second-order valence-electron chi connectivity index (χ2n) is 4.38. The van der Waals surface area contributed by atoms with E-state index in [4.69, 9.17) is 4.74 Å². The third-order valence-electron chi connectivity index (χ3n) is 2.99. The van der Waals surface area contributed by atoms with E-state index in [1.165, 1.54) is 0 Å². The quantitative estimate of drug-likeness (QED) is 0.831. The van der Waals surface area contributed by atoms with Crippen LogP contribution in [0.25, 0.3) is 0 Å². The lowest BCUT2D eigenvalue weighted by Crippen LogP contribution is -2.36. The second-order valence-corrected chi connectivity index (χ2v) is 4.38. The number of benzene rings is 2. The molecule has 2 aromatic rings. The van der Waals surface area contributed by atoms with E-state index in [-0.39, 0.29) is 5.91 Å². The lowest BCUT2D eigenvalue weighted by atomic mass is 10.1. The molecule has 0 fully saturated rings. The van der Waals surface area contributed by atoms with Crippen LogP contribution in [0.2, 0.25) is 0 Å². The van der Waals surface area contributed by atoms with Crippen molar-refractivity contribution in [2.45, 2.75) is 13.2 Å². The van der Waals surface area contributed by atoms with Gasteiger partial charge in [0, 0.05) is 5.56 Å². The van der Waals surface area contributed by atoms with Crippen molar-refractivity contribution in [3.63, 3.8) is 0 Å². The zero-order valence-corrected chi connectivity index (χ0v) is 10.0. The minimum Gasteiger partial charge on any atom is -0.466 e. The highest BCUT2D eigenvalue weighted by molar-refractivity contribution is 5.98. The molecule has 0 saturated carbocycles. The van der Waals surface area contributed by atoms with E-state index in [1.54, 1.807) is 6.07 Å². The number of hydrogen-bond donors (Lipinski definition) is 1. The van der Waals surface area contributed by atoms with E-state index < -0.39 is 6.23 Å². The number of nitrogens with one attached hydrogen (secondary N) is 1. The summed E-state index contributed by atoms with van der Waals surface area (Å²) in [6, 6.07) is 15.3. The van der Waals surface area contributed by atoms with Crippen LogP contribution in [0, 0.1) is 6.92 Å². The minimum absolute atomic E-state index is 0.0925. The zero-order valence-electron chi connectivity index (χ0n) is 10.0. The molecule has 0 radical (unpaired) electrons. The first kappa shape index (κ1) is 10.8. The Morgan fingerprint density at radius 3 is 2.67 bits per heavy atom. The Balaban J connectivity index is 1.98. The fourth-order valence-electron chi connectivity index (χ4n) is 2.05. The number of rotatable bonds is 1. The number of ether oxygens (including phenoxy) is 1. The lowest BCUT2D eigenvalue weighted by Gasteiger charge is -2.27. The molecule has 1 atom stereocenters. The van der Waals surface area contributed by atoms with Crippen LogP contribution in [-0.2, 0) is 0 Å². The van der Waals surface area contributed by atoms with Crippen molar-refractivity contribution in [3.8, 4) is 5.75 Å². The van der Waals surface area contributed by atoms with Gasteiger partial charge in [-0.1, -0.05) is 36.4 Å². The summed E-state index contributed by atoms with van der Waals surface area (Å²) in [6.07, 6.45) is -0.409. The second kappa shape index (κ2) is 4.18. The van der Waals surface area contributed by atoms with Gasteiger partial charge < -0.3 is 10.1 Å². The molecule has 0 spiro atoms. The minimum atomic E-state index is -0.409. The van der Waals surface area contributed by atoms with Crippen LogP contribution >= 0.6 is 0 Å². The van der Waals surface area contributed by atoms with Crippen molar-refractivity contribution in [2.24, 2.45) is 0 Å². The Hall–Kier alpha value is -2.29. The molecule has 2 aromatic carbocycles. The van der Waals surface area contributed by atoms with Gasteiger partial charge in [0.2, 0.25) is 0 Å². The van der Waals surface area contributed by atoms with Crippen LogP contribution < -0.4 is 10.1 Å². The summed E-state index contributed by atoms with van der Waals surface area (Å²) in [5, 5.41) is 2.85. The van der Waals surface area contributed by atoms with Crippen LogP contribution in [0.3, 0.4) is 0 Å². The highest BCUT2D eigenvalue weighted by atomic mass is 16.5. The van der Waals surface area contributed by atoms with Gasteiger partial charge in [-0.3, -0.25) is 4.79 Å². The average Bonchev–Trinajstić information content (AvgIpc) is 2.39. The van der Waals surface area contributed by atoms with Crippen molar-refractivity contribution in [3.05, 3.63) is 65.2 Å². The van der Waals surface area contributed by atoms with Crippen LogP contribution in [0.15, 0.2) is 48.5 Å². The fourth-order valence-corrected chi connectivity index (χ4v) is 2.05. The highest BCUT2D eigenvalue weighted by Gasteiger charge is 2.26. The molecule has 1 N–H and O–H groups in total. The number of aryl methyl sites for hydroxylation is 1. The summed E-state index contributed by atoms with van der Waals surface area (Å²) in [4.78, 5) is 12.0. The van der Waals surface area contributed by atoms with Gasteiger partial charge in [-0.2, -0.15) is 0 Å². The molecule has 18 heavy (non-hydrogen) atoms. The van der Waals surface area contributed by atoms with Gasteiger partial charge in [-0.05, 0) is 24.6 Å². The van der Waals surface area contributed by atoms with E-state index in [1.807, 2.05) is 49.4 Å². The largest absolute Gasteiger partial charge is 0.466 e. The van der Waals surface area contributed by atoms with E-state index in [9.17, 15) is 4.79 Å². The van der Waals surface area contributed by atoms with E-state index in [0.29, 0.717) is 11.3 Å². The number of amides is 1. The summed E-state index contributed by atoms with van der Waals surface area (Å²) < 4.78 is 5.84. The fraction of sp³-hybridized carbons (Fsp3) is 0.133. The van der Waals surface area contributed by atoms with Crippen molar-refractivity contribution in [2.75, 3.05) is 0 Å². The van der Waals surface area contributed by atoms with Gasteiger partial charge in [-0.25, -0.2) is 0 Å². The molecule has 1 aliphatic heterocycles. The molecule has 1 aliphatic rings. The SMILES string of the molecule is Cc1ccc2c(c1)O[C@H](c1ccccc1)NC2=O. The van der Waals surface area contributed by atoms with Crippen LogP contribution in [0.4, 0.5) is 0 Å². The van der Waals surface area contributed by atoms with Crippen molar-refractivity contribution >= 4 is 5.91 Å². The number of hydrogen-bond acceptors (Lipinski definition) is 2. The van der Waals surface area contributed by atoms with Gasteiger partial charge in [-0.15, -0.1) is 0 Å². The summed E-state index contributed by atoms with van der Waals surface area (Å²) in [5.41, 5.74) is 2.61. The molecule has 3 heteroatoms. The maximum Gasteiger partial charge on any atom is 0.258 e. The van der Waals surface area contributed by atoms with E-state index >= 15 is 0 Å². The van der Waals surface area contributed by atoms with Gasteiger partial charge >= 0.3 is 0 Å². The Morgan fingerprint density at radius 1 is 1.11 bits per heavy atom. The van der Waals surface area contributed by atoms with Crippen LogP contribution in [0.1, 0.15) is 27.7 Å². The molecule has 90 valence electrons. The monoisotopic (exact) mass is 239 g/mol. The predicted octanol–water partition coefficient (Wildman–Crippen LogP) is 2.82. The van der Waals surface area contributed by atoms with Crippen molar-refractivity contribution in [1.82, 2.24) is 5.32 Å². The molecule has 0 aromatic heterocycles. The zero-order chi connectivity index (χ0) is 12.5. The van der Waals surface area contributed by atoms with E-state index in [2.05, 4.69) is 5.32 Å². The van der Waals surface area contributed by atoms with Crippen molar-refractivity contribution in [1.29, 1.82) is 0 Å². The molecule has 0 saturated heterocycles.